The van der Waals surface area contributed by atoms with Crippen LogP contribution in [-0.4, -0.2) is 70.9 Å². The van der Waals surface area contributed by atoms with Crippen LogP contribution in [0.25, 0.3) is 0 Å². The Balaban J connectivity index is 1.38. The molecular formula is C17H29N3O3. The normalized spacial score (nSPS) is 26.9. The number of aryl methyl sites for hydroxylation is 1. The fraction of sp³-hybridized carbons (Fsp3) is 0.824. The van der Waals surface area contributed by atoms with E-state index in [1.165, 1.54) is 18.4 Å². The smallest absolute Gasteiger partial charge is 0.0900 e. The molecule has 0 spiro atoms. The van der Waals surface area contributed by atoms with E-state index in [4.69, 9.17) is 9.47 Å². The topological polar surface area (TPSA) is 59.8 Å². The lowest BCUT2D eigenvalue weighted by atomic mass is 10.2. The third-order valence-corrected chi connectivity index (χ3v) is 4.74. The van der Waals surface area contributed by atoms with Crippen LogP contribution in [0.1, 0.15) is 31.2 Å². The average molecular weight is 323 g/mol. The molecule has 0 amide bonds. The molecule has 2 fully saturated rings. The molecule has 2 saturated heterocycles. The predicted molar refractivity (Wildman–Crippen MR) is 87.4 cm³/mol. The summed E-state index contributed by atoms with van der Waals surface area (Å²) in [4.78, 5) is 2.37. The van der Waals surface area contributed by atoms with Crippen molar-refractivity contribution in [2.75, 3.05) is 32.9 Å². The molecule has 6 heteroatoms. The molecule has 0 saturated carbocycles. The van der Waals surface area contributed by atoms with E-state index in [1.54, 1.807) is 0 Å². The van der Waals surface area contributed by atoms with Gasteiger partial charge < -0.3 is 14.6 Å². The molecule has 1 aromatic rings. The van der Waals surface area contributed by atoms with Crippen molar-refractivity contribution >= 4 is 0 Å². The summed E-state index contributed by atoms with van der Waals surface area (Å²) >= 11 is 0. The molecule has 2 aliphatic heterocycles. The molecular weight excluding hydrogens is 294 g/mol. The van der Waals surface area contributed by atoms with Crippen molar-refractivity contribution in [3.05, 3.63) is 18.0 Å². The number of likely N-dealkylation sites (tertiary alicyclic amines) is 1. The summed E-state index contributed by atoms with van der Waals surface area (Å²) in [5, 5.41) is 14.6. The highest BCUT2D eigenvalue weighted by atomic mass is 16.5. The first kappa shape index (κ1) is 16.9. The van der Waals surface area contributed by atoms with Crippen LogP contribution in [0.2, 0.25) is 0 Å². The molecule has 2 aliphatic rings. The molecule has 6 nitrogen and oxygen atoms in total. The number of aliphatic hydroxyl groups excluding tert-OH is 1. The number of rotatable bonds is 8. The van der Waals surface area contributed by atoms with Crippen LogP contribution < -0.4 is 0 Å². The van der Waals surface area contributed by atoms with Crippen LogP contribution in [0.5, 0.6) is 0 Å². The van der Waals surface area contributed by atoms with Gasteiger partial charge in [0.25, 0.3) is 0 Å². The highest BCUT2D eigenvalue weighted by molar-refractivity contribution is 4.99. The van der Waals surface area contributed by atoms with Gasteiger partial charge in [0.1, 0.15) is 0 Å². The van der Waals surface area contributed by atoms with E-state index in [1.807, 2.05) is 10.9 Å². The van der Waals surface area contributed by atoms with Crippen LogP contribution in [0, 0.1) is 6.92 Å². The number of aromatic nitrogens is 2. The third kappa shape index (κ3) is 5.01. The minimum Gasteiger partial charge on any atom is -0.389 e. The van der Waals surface area contributed by atoms with E-state index >= 15 is 0 Å². The molecule has 1 N–H and O–H groups in total. The molecule has 0 aliphatic carbocycles. The van der Waals surface area contributed by atoms with Crippen molar-refractivity contribution in [3.8, 4) is 0 Å². The summed E-state index contributed by atoms with van der Waals surface area (Å²) < 4.78 is 13.2. The van der Waals surface area contributed by atoms with Crippen molar-refractivity contribution < 1.29 is 14.6 Å². The molecule has 0 radical (unpaired) electrons. The quantitative estimate of drug-likeness (QED) is 0.779. The fourth-order valence-electron chi connectivity index (χ4n) is 3.56. The molecule has 1 aromatic heterocycles. The highest BCUT2D eigenvalue weighted by Gasteiger charge is 2.27. The second-order valence-electron chi connectivity index (χ2n) is 6.86. The van der Waals surface area contributed by atoms with E-state index in [0.29, 0.717) is 25.8 Å². The summed E-state index contributed by atoms with van der Waals surface area (Å²) in [5.74, 6) is 0. The Morgan fingerprint density at radius 3 is 3.09 bits per heavy atom. The summed E-state index contributed by atoms with van der Waals surface area (Å²) in [5.41, 5.74) is 1.19. The first-order valence-electron chi connectivity index (χ1n) is 8.81. The molecule has 3 atom stereocenters. The van der Waals surface area contributed by atoms with Crippen LogP contribution >= 0.6 is 0 Å². The average Bonchev–Trinajstić information content (AvgIpc) is 3.24. The molecule has 0 aromatic carbocycles. The van der Waals surface area contributed by atoms with Gasteiger partial charge in [-0.25, -0.2) is 0 Å². The van der Waals surface area contributed by atoms with Crippen molar-refractivity contribution in [1.82, 2.24) is 14.7 Å². The van der Waals surface area contributed by atoms with Crippen molar-refractivity contribution in [3.63, 3.8) is 0 Å². The second kappa shape index (κ2) is 8.24. The van der Waals surface area contributed by atoms with Gasteiger partial charge in [-0.3, -0.25) is 9.58 Å². The van der Waals surface area contributed by atoms with E-state index in [2.05, 4.69) is 23.1 Å². The molecule has 0 bridgehead atoms. The van der Waals surface area contributed by atoms with Gasteiger partial charge in [0, 0.05) is 25.4 Å². The number of β-amino-alcohol motifs (C(OH)–C–C–N with tert-alkyl or cyclic N) is 1. The second-order valence-corrected chi connectivity index (χ2v) is 6.86. The van der Waals surface area contributed by atoms with E-state index in [9.17, 15) is 5.11 Å². The number of nitrogens with zero attached hydrogens (tertiary/aromatic N) is 3. The Hall–Kier alpha value is -0.950. The lowest BCUT2D eigenvalue weighted by Crippen LogP contribution is -2.40. The number of hydrogen-bond acceptors (Lipinski definition) is 5. The van der Waals surface area contributed by atoms with E-state index in [0.717, 1.165) is 32.5 Å². The van der Waals surface area contributed by atoms with Crippen molar-refractivity contribution in [2.45, 2.75) is 57.4 Å². The summed E-state index contributed by atoms with van der Waals surface area (Å²) in [6.07, 6.45) is 8.33. The van der Waals surface area contributed by atoms with Crippen molar-refractivity contribution in [1.29, 1.82) is 0 Å². The minimum atomic E-state index is -0.434. The third-order valence-electron chi connectivity index (χ3n) is 4.74. The maximum absolute atomic E-state index is 10.2. The molecule has 3 rings (SSSR count). The van der Waals surface area contributed by atoms with Crippen LogP contribution in [-0.2, 0) is 16.0 Å². The Labute approximate surface area is 138 Å². The number of ether oxygens (including phenoxy) is 2. The van der Waals surface area contributed by atoms with Gasteiger partial charge in [-0.15, -0.1) is 0 Å². The predicted octanol–water partition coefficient (Wildman–Crippen LogP) is 1.21. The zero-order valence-electron chi connectivity index (χ0n) is 14.1. The van der Waals surface area contributed by atoms with Gasteiger partial charge in [-0.1, -0.05) is 0 Å². The minimum absolute atomic E-state index is 0.227. The Morgan fingerprint density at radius 1 is 1.43 bits per heavy atom. The monoisotopic (exact) mass is 323 g/mol. The summed E-state index contributed by atoms with van der Waals surface area (Å²) in [6, 6.07) is 0.460. The maximum atomic E-state index is 10.2. The number of aliphatic hydroxyl groups is 1. The Morgan fingerprint density at radius 2 is 2.35 bits per heavy atom. The summed E-state index contributed by atoms with van der Waals surface area (Å²) in [7, 11) is 0. The first-order valence-corrected chi connectivity index (χ1v) is 8.81. The molecule has 130 valence electrons. The SMILES string of the molecule is Cc1cnn(C[C@@H]2CCCN2C[C@H](O)COC[C@@H]2CCCO2)c1. The standard InChI is InChI=1S/C17H29N3O3/c1-14-8-18-20(9-14)10-15-4-2-6-19(15)11-16(21)12-22-13-17-5-3-7-23-17/h8-9,15-17,21H,2-7,10-13H2,1H3/t15-,16-,17-/m0/s1. The Bertz CT molecular complexity index is 473. The van der Waals surface area contributed by atoms with Crippen LogP contribution in [0.3, 0.4) is 0 Å². The lowest BCUT2D eigenvalue weighted by molar-refractivity contribution is -0.0265. The van der Waals surface area contributed by atoms with Gasteiger partial charge in [0.2, 0.25) is 0 Å². The van der Waals surface area contributed by atoms with E-state index < -0.39 is 6.10 Å². The zero-order valence-corrected chi connectivity index (χ0v) is 14.1. The first-order chi connectivity index (χ1) is 11.2. The van der Waals surface area contributed by atoms with Gasteiger partial charge in [-0.2, -0.15) is 5.10 Å². The largest absolute Gasteiger partial charge is 0.389 e. The van der Waals surface area contributed by atoms with Crippen LogP contribution in [0.4, 0.5) is 0 Å². The fourth-order valence-corrected chi connectivity index (χ4v) is 3.56. The zero-order chi connectivity index (χ0) is 16.1. The van der Waals surface area contributed by atoms with Crippen LogP contribution in [0.15, 0.2) is 12.4 Å². The van der Waals surface area contributed by atoms with Gasteiger partial charge in [-0.05, 0) is 44.7 Å². The van der Waals surface area contributed by atoms with E-state index in [-0.39, 0.29) is 6.10 Å². The van der Waals surface area contributed by atoms with Gasteiger partial charge in [0.15, 0.2) is 0 Å². The maximum Gasteiger partial charge on any atom is 0.0900 e. The molecule has 0 unspecified atom stereocenters. The van der Waals surface area contributed by atoms with Crippen molar-refractivity contribution in [2.24, 2.45) is 0 Å². The highest BCUT2D eigenvalue weighted by Crippen LogP contribution is 2.19. The van der Waals surface area contributed by atoms with Gasteiger partial charge >= 0.3 is 0 Å². The Kier molecular flexibility index (Phi) is 6.05. The molecule has 3 heterocycles. The lowest BCUT2D eigenvalue weighted by Gasteiger charge is -2.27. The van der Waals surface area contributed by atoms with Gasteiger partial charge in [0.05, 0.1) is 38.2 Å². The molecule has 23 heavy (non-hydrogen) atoms. The number of hydrogen-bond donors (Lipinski definition) is 1. The summed E-state index contributed by atoms with van der Waals surface area (Å²) in [6.45, 7) is 6.53.